The van der Waals surface area contributed by atoms with Crippen molar-refractivity contribution in [1.82, 2.24) is 15.5 Å². The standard InChI is InChI=1S/C17H24N4O2S2/c1-11(12-8-6-7-9-13(12)23-5)18-14(22)10-24-16-21-20-15(25-16)19-17(2,3)4/h6-9,11H,10H2,1-5H3,(H,18,22)(H,19,20). The molecule has 1 aromatic carbocycles. The van der Waals surface area contributed by atoms with Gasteiger partial charge >= 0.3 is 0 Å². The average Bonchev–Trinajstić information content (AvgIpc) is 2.98. The summed E-state index contributed by atoms with van der Waals surface area (Å²) >= 11 is 2.84. The van der Waals surface area contributed by atoms with E-state index in [4.69, 9.17) is 4.74 Å². The first-order chi connectivity index (χ1) is 11.8. The number of ether oxygens (including phenoxy) is 1. The molecule has 0 fully saturated rings. The number of anilines is 1. The van der Waals surface area contributed by atoms with E-state index < -0.39 is 0 Å². The molecule has 1 unspecified atom stereocenters. The second-order valence-corrected chi connectivity index (χ2v) is 8.77. The number of thioether (sulfide) groups is 1. The Labute approximate surface area is 156 Å². The molecule has 1 atom stereocenters. The minimum absolute atomic E-state index is 0.0519. The van der Waals surface area contributed by atoms with Gasteiger partial charge in [0.05, 0.1) is 18.9 Å². The van der Waals surface area contributed by atoms with Crippen molar-refractivity contribution in [3.63, 3.8) is 0 Å². The summed E-state index contributed by atoms with van der Waals surface area (Å²) in [7, 11) is 1.63. The van der Waals surface area contributed by atoms with Crippen LogP contribution in [0.25, 0.3) is 0 Å². The van der Waals surface area contributed by atoms with E-state index in [1.54, 1.807) is 7.11 Å². The van der Waals surface area contributed by atoms with Crippen LogP contribution in [0.3, 0.4) is 0 Å². The van der Waals surface area contributed by atoms with Gasteiger partial charge in [-0.25, -0.2) is 0 Å². The van der Waals surface area contributed by atoms with Crippen molar-refractivity contribution in [3.05, 3.63) is 29.8 Å². The highest BCUT2D eigenvalue weighted by Crippen LogP contribution is 2.28. The number of amides is 1. The third-order valence-corrected chi connectivity index (χ3v) is 5.17. The van der Waals surface area contributed by atoms with Gasteiger partial charge in [-0.15, -0.1) is 10.2 Å². The number of nitrogens with zero attached hydrogens (tertiary/aromatic N) is 2. The molecule has 1 heterocycles. The largest absolute Gasteiger partial charge is 0.496 e. The van der Waals surface area contributed by atoms with Crippen LogP contribution in [0.1, 0.15) is 39.3 Å². The van der Waals surface area contributed by atoms with Crippen LogP contribution in [0.5, 0.6) is 5.75 Å². The molecule has 0 aliphatic carbocycles. The molecule has 0 aliphatic heterocycles. The molecule has 2 rings (SSSR count). The third-order valence-electron chi connectivity index (χ3n) is 3.20. The molecule has 6 nitrogen and oxygen atoms in total. The summed E-state index contributed by atoms with van der Waals surface area (Å²) in [6, 6.07) is 7.55. The maximum absolute atomic E-state index is 12.2. The van der Waals surface area contributed by atoms with Gasteiger partial charge in [0.15, 0.2) is 4.34 Å². The normalized spacial score (nSPS) is 12.5. The van der Waals surface area contributed by atoms with Crippen molar-refractivity contribution in [2.24, 2.45) is 0 Å². The van der Waals surface area contributed by atoms with Crippen LogP contribution in [0.15, 0.2) is 28.6 Å². The predicted octanol–water partition coefficient (Wildman–Crippen LogP) is 3.73. The van der Waals surface area contributed by atoms with Crippen molar-refractivity contribution in [3.8, 4) is 5.75 Å². The third kappa shape index (κ3) is 6.21. The fraction of sp³-hybridized carbons (Fsp3) is 0.471. The second-order valence-electron chi connectivity index (χ2n) is 6.57. The van der Waals surface area contributed by atoms with E-state index in [1.807, 2.05) is 31.2 Å². The number of methoxy groups -OCH3 is 1. The zero-order valence-electron chi connectivity index (χ0n) is 15.1. The van der Waals surface area contributed by atoms with Crippen molar-refractivity contribution < 1.29 is 9.53 Å². The van der Waals surface area contributed by atoms with E-state index in [1.165, 1.54) is 23.1 Å². The molecule has 8 heteroatoms. The molecule has 0 spiro atoms. The van der Waals surface area contributed by atoms with E-state index >= 15 is 0 Å². The summed E-state index contributed by atoms with van der Waals surface area (Å²) in [6.07, 6.45) is 0. The molecule has 0 radical (unpaired) electrons. The Bertz CT molecular complexity index is 713. The van der Waals surface area contributed by atoms with Gasteiger partial charge in [0.25, 0.3) is 0 Å². The second kappa shape index (κ2) is 8.53. The quantitative estimate of drug-likeness (QED) is 0.713. The average molecular weight is 381 g/mol. The molecule has 25 heavy (non-hydrogen) atoms. The molecule has 1 aromatic heterocycles. The van der Waals surface area contributed by atoms with Crippen LogP contribution in [0.2, 0.25) is 0 Å². The monoisotopic (exact) mass is 380 g/mol. The Morgan fingerprint density at radius 1 is 1.32 bits per heavy atom. The number of rotatable bonds is 7. The number of aromatic nitrogens is 2. The molecule has 0 aliphatic rings. The first-order valence-electron chi connectivity index (χ1n) is 7.95. The lowest BCUT2D eigenvalue weighted by Crippen LogP contribution is -2.28. The highest BCUT2D eigenvalue weighted by molar-refractivity contribution is 8.01. The van der Waals surface area contributed by atoms with Gasteiger partial charge < -0.3 is 15.4 Å². The Balaban J connectivity index is 1.86. The van der Waals surface area contributed by atoms with Gasteiger partial charge in [0, 0.05) is 11.1 Å². The molecule has 136 valence electrons. The smallest absolute Gasteiger partial charge is 0.230 e. The first-order valence-corrected chi connectivity index (χ1v) is 9.75. The molecule has 0 saturated carbocycles. The van der Waals surface area contributed by atoms with Gasteiger partial charge in [-0.1, -0.05) is 41.3 Å². The van der Waals surface area contributed by atoms with Crippen molar-refractivity contribution >= 4 is 34.1 Å². The van der Waals surface area contributed by atoms with Crippen LogP contribution in [-0.2, 0) is 4.79 Å². The van der Waals surface area contributed by atoms with Crippen LogP contribution in [0, 0.1) is 0 Å². The van der Waals surface area contributed by atoms with Crippen LogP contribution >= 0.6 is 23.1 Å². The number of hydrogen-bond acceptors (Lipinski definition) is 7. The number of nitrogens with one attached hydrogen (secondary N) is 2. The first kappa shape index (κ1) is 19.5. The zero-order valence-corrected chi connectivity index (χ0v) is 16.8. The van der Waals surface area contributed by atoms with Crippen molar-refractivity contribution in [1.29, 1.82) is 0 Å². The topological polar surface area (TPSA) is 76.1 Å². The Kier molecular flexibility index (Phi) is 6.66. The van der Waals surface area contributed by atoms with Crippen LogP contribution in [0.4, 0.5) is 5.13 Å². The summed E-state index contributed by atoms with van der Waals surface area (Å²) in [5.41, 5.74) is 0.888. The lowest BCUT2D eigenvalue weighted by atomic mass is 10.1. The minimum Gasteiger partial charge on any atom is -0.496 e. The number of carbonyl (C=O) groups excluding carboxylic acids is 1. The predicted molar refractivity (Wildman–Crippen MR) is 104 cm³/mol. The Morgan fingerprint density at radius 2 is 2.04 bits per heavy atom. The van der Waals surface area contributed by atoms with Crippen LogP contribution in [-0.4, -0.2) is 34.5 Å². The highest BCUT2D eigenvalue weighted by atomic mass is 32.2. The number of para-hydroxylation sites is 1. The van der Waals surface area contributed by atoms with E-state index in [-0.39, 0.29) is 17.5 Å². The number of hydrogen-bond donors (Lipinski definition) is 2. The van der Waals surface area contributed by atoms with Gasteiger partial charge in [0.1, 0.15) is 5.75 Å². The van der Waals surface area contributed by atoms with E-state index in [2.05, 4.69) is 41.6 Å². The number of benzene rings is 1. The molecule has 0 bridgehead atoms. The molecule has 2 N–H and O–H groups in total. The summed E-state index contributed by atoms with van der Waals surface area (Å²) < 4.78 is 6.11. The van der Waals surface area contributed by atoms with Crippen LogP contribution < -0.4 is 15.4 Å². The maximum Gasteiger partial charge on any atom is 0.230 e. The molecule has 0 saturated heterocycles. The summed E-state index contributed by atoms with van der Waals surface area (Å²) in [4.78, 5) is 12.2. The summed E-state index contributed by atoms with van der Waals surface area (Å²) in [5, 5.41) is 15.2. The molecular formula is C17H24N4O2S2. The fourth-order valence-corrected chi connectivity index (χ4v) is 3.92. The molecule has 1 amide bonds. The highest BCUT2D eigenvalue weighted by Gasteiger charge is 2.16. The lowest BCUT2D eigenvalue weighted by molar-refractivity contribution is -0.119. The Morgan fingerprint density at radius 3 is 2.72 bits per heavy atom. The van der Waals surface area contributed by atoms with E-state index in [0.29, 0.717) is 5.75 Å². The van der Waals surface area contributed by atoms with Gasteiger partial charge in [-0.3, -0.25) is 4.79 Å². The fourth-order valence-electron chi connectivity index (χ4n) is 2.15. The van der Waals surface area contributed by atoms with E-state index in [0.717, 1.165) is 20.8 Å². The maximum atomic E-state index is 12.2. The van der Waals surface area contributed by atoms with Crippen molar-refractivity contribution in [2.75, 3.05) is 18.2 Å². The van der Waals surface area contributed by atoms with E-state index in [9.17, 15) is 4.79 Å². The van der Waals surface area contributed by atoms with Crippen molar-refractivity contribution in [2.45, 2.75) is 43.6 Å². The SMILES string of the molecule is COc1ccccc1C(C)NC(=O)CSc1nnc(NC(C)(C)C)s1. The molecular weight excluding hydrogens is 356 g/mol. The van der Waals surface area contributed by atoms with Gasteiger partial charge in [0.2, 0.25) is 11.0 Å². The molecule has 2 aromatic rings. The zero-order chi connectivity index (χ0) is 18.4. The number of carbonyl (C=O) groups is 1. The summed E-state index contributed by atoms with van der Waals surface area (Å²) in [6.45, 7) is 8.13. The van der Waals surface area contributed by atoms with Gasteiger partial charge in [-0.2, -0.15) is 0 Å². The Hall–Kier alpha value is -1.80. The summed E-state index contributed by atoms with van der Waals surface area (Å²) in [5.74, 6) is 1.01. The minimum atomic E-state index is -0.128. The van der Waals surface area contributed by atoms with Gasteiger partial charge in [-0.05, 0) is 33.8 Å². The lowest BCUT2D eigenvalue weighted by Gasteiger charge is -2.18.